The number of ether oxygens (including phenoxy) is 1. The van der Waals surface area contributed by atoms with Gasteiger partial charge in [-0.05, 0) is 12.8 Å². The predicted molar refractivity (Wildman–Crippen MR) is 60.4 cm³/mol. The maximum atomic E-state index is 9.94. The third-order valence-corrected chi connectivity index (χ3v) is 3.19. The van der Waals surface area contributed by atoms with Gasteiger partial charge >= 0.3 is 6.47 Å². The van der Waals surface area contributed by atoms with E-state index in [0.717, 1.165) is 12.1 Å². The number of aryl methyl sites for hydroxylation is 1. The maximum absolute atomic E-state index is 9.94. The molecule has 0 aliphatic carbocycles. The summed E-state index contributed by atoms with van der Waals surface area (Å²) in [7, 11) is 0. The van der Waals surface area contributed by atoms with Crippen molar-refractivity contribution in [2.75, 3.05) is 0 Å². The lowest BCUT2D eigenvalue weighted by Gasteiger charge is -2.00. The van der Waals surface area contributed by atoms with Crippen LogP contribution in [0.4, 0.5) is 0 Å². The first kappa shape index (κ1) is 12.2. The average molecular weight is 226 g/mol. The lowest BCUT2D eigenvalue weighted by molar-refractivity contribution is 0.263. The number of nitrogens with zero attached hydrogens (tertiary/aromatic N) is 1. The van der Waals surface area contributed by atoms with E-state index in [2.05, 4.69) is 16.6 Å². The van der Waals surface area contributed by atoms with Gasteiger partial charge in [-0.3, -0.25) is 0 Å². The van der Waals surface area contributed by atoms with Crippen LogP contribution >= 0.6 is 11.3 Å². The van der Waals surface area contributed by atoms with E-state index < -0.39 is 0 Å². The van der Waals surface area contributed by atoms with Gasteiger partial charge in [0.15, 0.2) is 0 Å². The molecule has 1 aromatic rings. The number of aromatic nitrogens is 1. The minimum atomic E-state index is 0.260. The Morgan fingerprint density at radius 2 is 2.33 bits per heavy atom. The molecule has 1 aromatic heterocycles. The summed E-state index contributed by atoms with van der Waals surface area (Å²) in [6.07, 6.45) is 6.02. The Morgan fingerprint density at radius 1 is 1.47 bits per heavy atom. The summed E-state index contributed by atoms with van der Waals surface area (Å²) in [4.78, 5) is 15.3. The number of hydrogen-bond acceptors (Lipinski definition) is 4. The highest BCUT2D eigenvalue weighted by molar-refractivity contribution is 7.09. The quantitative estimate of drug-likeness (QED) is 0.640. The lowest BCUT2D eigenvalue weighted by Crippen LogP contribution is -1.95. The van der Waals surface area contributed by atoms with Crippen molar-refractivity contribution in [2.45, 2.75) is 45.6 Å². The molecular formula is C11H16NO2S. The molecule has 0 atom stereocenters. The first-order valence-corrected chi connectivity index (χ1v) is 6.16. The zero-order chi connectivity index (χ0) is 10.9. The van der Waals surface area contributed by atoms with Crippen molar-refractivity contribution < 1.29 is 9.53 Å². The minimum Gasteiger partial charge on any atom is -0.451 e. The molecule has 0 bridgehead atoms. The molecule has 0 spiro atoms. The highest BCUT2D eigenvalue weighted by Gasteiger charge is 2.06. The van der Waals surface area contributed by atoms with E-state index in [4.69, 9.17) is 0 Å². The number of hydrogen-bond donors (Lipinski definition) is 0. The molecule has 0 aliphatic rings. The van der Waals surface area contributed by atoms with Gasteiger partial charge in [-0.15, -0.1) is 11.3 Å². The molecule has 0 saturated carbocycles. The molecule has 0 aliphatic heterocycles. The smallest absolute Gasteiger partial charge is 0.417 e. The van der Waals surface area contributed by atoms with Crippen molar-refractivity contribution in [3.05, 3.63) is 16.1 Å². The Balaban J connectivity index is 2.32. The summed E-state index contributed by atoms with van der Waals surface area (Å²) in [6.45, 7) is 3.88. The van der Waals surface area contributed by atoms with Crippen molar-refractivity contribution in [3.63, 3.8) is 0 Å². The van der Waals surface area contributed by atoms with Gasteiger partial charge in [0.05, 0.1) is 11.2 Å². The highest BCUT2D eigenvalue weighted by atomic mass is 32.1. The van der Waals surface area contributed by atoms with Crippen LogP contribution in [0.1, 0.15) is 43.2 Å². The molecule has 0 aromatic carbocycles. The molecule has 0 N–H and O–H groups in total. The molecule has 1 rings (SSSR count). The van der Waals surface area contributed by atoms with Crippen molar-refractivity contribution in [1.29, 1.82) is 0 Å². The maximum Gasteiger partial charge on any atom is 0.417 e. The Bertz CT molecular complexity index is 286. The number of thiazole rings is 1. The van der Waals surface area contributed by atoms with Crippen molar-refractivity contribution in [1.82, 2.24) is 4.98 Å². The Kier molecular flexibility index (Phi) is 6.00. The van der Waals surface area contributed by atoms with Gasteiger partial charge in [-0.1, -0.05) is 26.2 Å². The molecule has 1 radical (unpaired) electrons. The molecule has 0 amide bonds. The van der Waals surface area contributed by atoms with Crippen molar-refractivity contribution in [2.24, 2.45) is 0 Å². The standard InChI is InChI=1S/C11H16NO2S/c1-2-3-4-5-6-11-10(7-14-9-13)12-8-15-11/h8H,2-7H2,1H3. The summed E-state index contributed by atoms with van der Waals surface area (Å²) >= 11 is 1.64. The van der Waals surface area contributed by atoms with E-state index in [-0.39, 0.29) is 6.61 Å². The van der Waals surface area contributed by atoms with Crippen LogP contribution in [0.15, 0.2) is 5.51 Å². The van der Waals surface area contributed by atoms with Crippen LogP contribution in [0, 0.1) is 0 Å². The summed E-state index contributed by atoms with van der Waals surface area (Å²) in [5.41, 5.74) is 2.69. The van der Waals surface area contributed by atoms with Crippen LogP contribution in [0.25, 0.3) is 0 Å². The Hall–Kier alpha value is -0.900. The largest absolute Gasteiger partial charge is 0.451 e. The molecule has 1 heterocycles. The first-order chi connectivity index (χ1) is 7.38. The zero-order valence-corrected chi connectivity index (χ0v) is 9.81. The molecule has 0 saturated heterocycles. The van der Waals surface area contributed by atoms with Crippen LogP contribution in [-0.4, -0.2) is 11.5 Å². The molecule has 0 fully saturated rings. The Morgan fingerprint density at radius 3 is 3.07 bits per heavy atom. The topological polar surface area (TPSA) is 39.2 Å². The Labute approximate surface area is 94.5 Å². The second-order valence-electron chi connectivity index (χ2n) is 3.40. The number of rotatable bonds is 8. The van der Waals surface area contributed by atoms with E-state index >= 15 is 0 Å². The minimum absolute atomic E-state index is 0.260. The molecular weight excluding hydrogens is 210 g/mol. The molecule has 0 unspecified atom stereocenters. The van der Waals surface area contributed by atoms with Gasteiger partial charge in [0, 0.05) is 4.88 Å². The lowest BCUT2D eigenvalue weighted by atomic mass is 10.1. The monoisotopic (exact) mass is 226 g/mol. The summed E-state index contributed by atoms with van der Waals surface area (Å²) in [5, 5.41) is 0. The second-order valence-corrected chi connectivity index (χ2v) is 4.34. The summed E-state index contributed by atoms with van der Waals surface area (Å²) in [5.74, 6) is 0. The van der Waals surface area contributed by atoms with E-state index in [1.165, 1.54) is 37.0 Å². The van der Waals surface area contributed by atoms with Crippen molar-refractivity contribution >= 4 is 17.8 Å². The number of carbonyl (C=O) groups excluding carboxylic acids is 1. The fraction of sp³-hybridized carbons (Fsp3) is 0.636. The third-order valence-electron chi connectivity index (χ3n) is 2.25. The van der Waals surface area contributed by atoms with Crippen LogP contribution < -0.4 is 0 Å². The second kappa shape index (κ2) is 7.40. The predicted octanol–water partition coefficient (Wildman–Crippen LogP) is 2.85. The molecule has 3 nitrogen and oxygen atoms in total. The van der Waals surface area contributed by atoms with E-state index in [9.17, 15) is 4.79 Å². The van der Waals surface area contributed by atoms with E-state index in [1.54, 1.807) is 16.8 Å². The average Bonchev–Trinajstić information content (AvgIpc) is 2.69. The van der Waals surface area contributed by atoms with Crippen molar-refractivity contribution in [3.8, 4) is 0 Å². The normalized spacial score (nSPS) is 10.2. The molecule has 4 heteroatoms. The van der Waals surface area contributed by atoms with Gasteiger partial charge in [-0.25, -0.2) is 9.78 Å². The third kappa shape index (κ3) is 4.42. The summed E-state index contributed by atoms with van der Waals surface area (Å²) < 4.78 is 4.58. The number of unbranched alkanes of at least 4 members (excludes halogenated alkanes) is 3. The van der Waals surface area contributed by atoms with Gasteiger partial charge in [-0.2, -0.15) is 0 Å². The SMILES string of the molecule is CCCCCCc1scnc1CO[C]=O. The first-order valence-electron chi connectivity index (χ1n) is 5.28. The van der Waals surface area contributed by atoms with Gasteiger partial charge in [0.25, 0.3) is 0 Å². The highest BCUT2D eigenvalue weighted by Crippen LogP contribution is 2.17. The van der Waals surface area contributed by atoms with Gasteiger partial charge in [0.2, 0.25) is 0 Å². The van der Waals surface area contributed by atoms with E-state index in [1.807, 2.05) is 0 Å². The fourth-order valence-electron chi connectivity index (χ4n) is 1.42. The molecule has 83 valence electrons. The molecule has 15 heavy (non-hydrogen) atoms. The van der Waals surface area contributed by atoms with Crippen LogP contribution in [0.5, 0.6) is 0 Å². The van der Waals surface area contributed by atoms with Gasteiger partial charge < -0.3 is 4.74 Å². The summed E-state index contributed by atoms with van der Waals surface area (Å²) in [6, 6.07) is 0. The zero-order valence-electron chi connectivity index (χ0n) is 8.99. The fourth-order valence-corrected chi connectivity index (χ4v) is 2.24. The van der Waals surface area contributed by atoms with E-state index in [0.29, 0.717) is 0 Å². The van der Waals surface area contributed by atoms with Crippen LogP contribution in [0.2, 0.25) is 0 Å². The van der Waals surface area contributed by atoms with Crippen LogP contribution in [-0.2, 0) is 22.6 Å². The van der Waals surface area contributed by atoms with Gasteiger partial charge in [0.1, 0.15) is 6.61 Å². The van der Waals surface area contributed by atoms with Crippen LogP contribution in [0.3, 0.4) is 0 Å².